The Morgan fingerprint density at radius 3 is 2.17 bits per heavy atom. The summed E-state index contributed by atoms with van der Waals surface area (Å²) in [6, 6.07) is 8.12. The highest BCUT2D eigenvalue weighted by Crippen LogP contribution is 2.38. The topological polar surface area (TPSA) is 35.9 Å². The van der Waals surface area contributed by atoms with E-state index < -0.39 is 6.10 Å². The summed E-state index contributed by atoms with van der Waals surface area (Å²) in [5, 5.41) is 11.2. The van der Waals surface area contributed by atoms with E-state index >= 15 is 0 Å². The minimum atomic E-state index is -0.391. The van der Waals surface area contributed by atoms with Gasteiger partial charge in [0.1, 0.15) is 0 Å². The van der Waals surface area contributed by atoms with Crippen molar-refractivity contribution in [2.75, 3.05) is 39.3 Å². The molecular formula is C24H39ClN2O2. The molecule has 0 bridgehead atoms. The van der Waals surface area contributed by atoms with Crippen LogP contribution in [0.3, 0.4) is 0 Å². The maximum Gasteiger partial charge on any atom is 0.0900 e. The molecule has 1 atom stereocenters. The average Bonchev–Trinajstić information content (AvgIpc) is 2.69. The van der Waals surface area contributed by atoms with Crippen molar-refractivity contribution in [3.63, 3.8) is 0 Å². The fourth-order valence-corrected chi connectivity index (χ4v) is 4.80. The Morgan fingerprint density at radius 1 is 1.00 bits per heavy atom. The smallest absolute Gasteiger partial charge is 0.0900 e. The first-order chi connectivity index (χ1) is 13.8. The second kappa shape index (κ2) is 10.6. The lowest BCUT2D eigenvalue weighted by Crippen LogP contribution is -2.48. The number of aliphatic hydroxyl groups is 1. The van der Waals surface area contributed by atoms with Gasteiger partial charge in [-0.25, -0.2) is 0 Å². The first-order valence-corrected chi connectivity index (χ1v) is 11.7. The molecule has 1 N–H and O–H groups in total. The number of aliphatic hydroxyl groups excluding tert-OH is 1. The van der Waals surface area contributed by atoms with Crippen LogP contribution in [0.4, 0.5) is 0 Å². The summed E-state index contributed by atoms with van der Waals surface area (Å²) >= 11 is 5.97. The third-order valence-electron chi connectivity index (χ3n) is 6.68. The minimum absolute atomic E-state index is 0.333. The molecule has 0 unspecified atom stereocenters. The maximum absolute atomic E-state index is 10.4. The van der Waals surface area contributed by atoms with Crippen LogP contribution in [0.25, 0.3) is 0 Å². The van der Waals surface area contributed by atoms with E-state index in [4.69, 9.17) is 16.3 Å². The molecule has 2 aliphatic rings. The number of β-amino-alcohol motifs (C(OH)–C–C–N with tert-alkyl or cyclic N) is 1. The van der Waals surface area contributed by atoms with Gasteiger partial charge >= 0.3 is 0 Å². The molecule has 0 aromatic heterocycles. The highest BCUT2D eigenvalue weighted by atomic mass is 35.5. The largest absolute Gasteiger partial charge is 0.389 e. The third-order valence-corrected chi connectivity index (χ3v) is 6.93. The van der Waals surface area contributed by atoms with Gasteiger partial charge in [-0.3, -0.25) is 9.80 Å². The van der Waals surface area contributed by atoms with Gasteiger partial charge in [0.05, 0.1) is 18.8 Å². The summed E-state index contributed by atoms with van der Waals surface area (Å²) in [4.78, 5) is 4.83. The third kappa shape index (κ3) is 7.52. The minimum Gasteiger partial charge on any atom is -0.389 e. The molecule has 0 radical (unpaired) electrons. The Morgan fingerprint density at radius 2 is 1.59 bits per heavy atom. The number of benzene rings is 1. The van der Waals surface area contributed by atoms with Crippen LogP contribution >= 0.6 is 11.6 Å². The molecule has 0 amide bonds. The van der Waals surface area contributed by atoms with Crippen molar-refractivity contribution in [1.29, 1.82) is 0 Å². The standard InChI is InChI=1S/C24H39ClN2O2/c1-24(2,3)20-6-10-23(11-7-20)29-18-22(28)17-27-14-12-26(13-15-27)16-19-4-8-21(25)9-5-19/h4-5,8-9,20,22-23,28H,6-7,10-18H2,1-3H3/t20?,22-,23?/m0/s1. The summed E-state index contributed by atoms with van der Waals surface area (Å²) in [6.07, 6.45) is 4.72. The molecule has 1 aromatic carbocycles. The number of nitrogens with zero attached hydrogens (tertiary/aromatic N) is 2. The second-order valence-corrected chi connectivity index (χ2v) is 10.5. The summed E-state index contributed by atoms with van der Waals surface area (Å²) in [5.41, 5.74) is 1.71. The van der Waals surface area contributed by atoms with Crippen LogP contribution in [-0.2, 0) is 11.3 Å². The van der Waals surface area contributed by atoms with Gasteiger partial charge in [0.25, 0.3) is 0 Å². The first kappa shape index (κ1) is 23.0. The zero-order valence-electron chi connectivity index (χ0n) is 18.4. The number of piperazine rings is 1. The van der Waals surface area contributed by atoms with Gasteiger partial charge in [-0.2, -0.15) is 0 Å². The maximum atomic E-state index is 10.4. The van der Waals surface area contributed by atoms with E-state index in [1.807, 2.05) is 12.1 Å². The second-order valence-electron chi connectivity index (χ2n) is 10.0. The average molecular weight is 423 g/mol. The molecule has 2 fully saturated rings. The molecule has 1 saturated carbocycles. The van der Waals surface area contributed by atoms with Crippen LogP contribution in [0, 0.1) is 11.3 Å². The fourth-order valence-electron chi connectivity index (χ4n) is 4.67. The lowest BCUT2D eigenvalue weighted by atomic mass is 9.72. The number of rotatable bonds is 7. The highest BCUT2D eigenvalue weighted by Gasteiger charge is 2.30. The fraction of sp³-hybridized carbons (Fsp3) is 0.750. The van der Waals surface area contributed by atoms with Crippen molar-refractivity contribution < 1.29 is 9.84 Å². The molecule has 4 nitrogen and oxygen atoms in total. The van der Waals surface area contributed by atoms with Gasteiger partial charge in [0, 0.05) is 44.3 Å². The van der Waals surface area contributed by atoms with Gasteiger partial charge in [0.2, 0.25) is 0 Å². The van der Waals surface area contributed by atoms with Crippen LogP contribution in [-0.4, -0.2) is 66.4 Å². The highest BCUT2D eigenvalue weighted by molar-refractivity contribution is 6.30. The summed E-state index contributed by atoms with van der Waals surface area (Å²) in [6.45, 7) is 13.3. The van der Waals surface area contributed by atoms with E-state index in [2.05, 4.69) is 42.7 Å². The van der Waals surface area contributed by atoms with Gasteiger partial charge in [0.15, 0.2) is 0 Å². The van der Waals surface area contributed by atoms with E-state index in [9.17, 15) is 5.11 Å². The molecule has 1 aromatic rings. The Hall–Kier alpha value is -0.650. The molecule has 3 rings (SSSR count). The lowest BCUT2D eigenvalue weighted by Gasteiger charge is -2.37. The van der Waals surface area contributed by atoms with Crippen LogP contribution in [0.15, 0.2) is 24.3 Å². The van der Waals surface area contributed by atoms with Crippen LogP contribution in [0.2, 0.25) is 5.02 Å². The van der Waals surface area contributed by atoms with E-state index in [1.54, 1.807) is 0 Å². The Balaban J connectivity index is 1.30. The van der Waals surface area contributed by atoms with Crippen LogP contribution in [0.5, 0.6) is 0 Å². The number of ether oxygens (including phenoxy) is 1. The van der Waals surface area contributed by atoms with Gasteiger partial charge in [-0.05, 0) is 54.7 Å². The molecule has 1 aliphatic carbocycles. The SMILES string of the molecule is CC(C)(C)C1CCC(OC[C@@H](O)CN2CCN(Cc3ccc(Cl)cc3)CC2)CC1. The Kier molecular flexibility index (Phi) is 8.41. The van der Waals surface area contributed by atoms with E-state index in [1.165, 1.54) is 18.4 Å². The molecule has 164 valence electrons. The molecule has 5 heteroatoms. The number of hydrogen-bond donors (Lipinski definition) is 1. The van der Waals surface area contributed by atoms with Crippen molar-refractivity contribution in [2.24, 2.45) is 11.3 Å². The van der Waals surface area contributed by atoms with Crippen molar-refractivity contribution in [1.82, 2.24) is 9.80 Å². The zero-order chi connectivity index (χ0) is 20.9. The monoisotopic (exact) mass is 422 g/mol. The van der Waals surface area contributed by atoms with Crippen LogP contribution < -0.4 is 0 Å². The van der Waals surface area contributed by atoms with E-state index in [-0.39, 0.29) is 0 Å². The summed E-state index contributed by atoms with van der Waals surface area (Å²) < 4.78 is 6.06. The Labute approximate surface area is 182 Å². The van der Waals surface area contributed by atoms with Crippen LogP contribution in [0.1, 0.15) is 52.0 Å². The Bertz CT molecular complexity index is 600. The lowest BCUT2D eigenvalue weighted by molar-refractivity contribution is -0.0473. The quantitative estimate of drug-likeness (QED) is 0.704. The van der Waals surface area contributed by atoms with E-state index in [0.717, 1.165) is 56.5 Å². The predicted molar refractivity (Wildman–Crippen MR) is 120 cm³/mol. The number of halogens is 1. The van der Waals surface area contributed by atoms with Gasteiger partial charge in [-0.15, -0.1) is 0 Å². The molecule has 29 heavy (non-hydrogen) atoms. The van der Waals surface area contributed by atoms with Crippen molar-refractivity contribution in [3.05, 3.63) is 34.9 Å². The summed E-state index contributed by atoms with van der Waals surface area (Å²) in [5.74, 6) is 0.802. The van der Waals surface area contributed by atoms with Crippen molar-refractivity contribution in [2.45, 2.75) is 65.2 Å². The predicted octanol–water partition coefficient (Wildman–Crippen LogP) is 4.44. The van der Waals surface area contributed by atoms with Gasteiger partial charge < -0.3 is 9.84 Å². The molecule has 0 spiro atoms. The molecule has 1 saturated heterocycles. The molecular weight excluding hydrogens is 384 g/mol. The van der Waals surface area contributed by atoms with E-state index in [0.29, 0.717) is 24.7 Å². The van der Waals surface area contributed by atoms with Crippen molar-refractivity contribution >= 4 is 11.6 Å². The van der Waals surface area contributed by atoms with Crippen molar-refractivity contribution in [3.8, 4) is 0 Å². The summed E-state index contributed by atoms with van der Waals surface area (Å²) in [7, 11) is 0. The first-order valence-electron chi connectivity index (χ1n) is 11.3. The van der Waals surface area contributed by atoms with Gasteiger partial charge in [-0.1, -0.05) is 44.5 Å². The zero-order valence-corrected chi connectivity index (χ0v) is 19.2. The number of hydrogen-bond acceptors (Lipinski definition) is 4. The normalized spacial score (nSPS) is 25.8. The molecule has 1 heterocycles. The molecule has 1 aliphatic heterocycles.